The van der Waals surface area contributed by atoms with Crippen LogP contribution in [0.25, 0.3) is 0 Å². The van der Waals surface area contributed by atoms with Crippen LogP contribution < -0.4 is 5.46 Å². The van der Waals surface area contributed by atoms with Crippen LogP contribution >= 0.6 is 0 Å². The van der Waals surface area contributed by atoms with Crippen LogP contribution in [0.15, 0.2) is 23.1 Å². The number of sulfonamides is 1. The van der Waals surface area contributed by atoms with E-state index >= 15 is 0 Å². The molecule has 0 amide bonds. The molecule has 1 aromatic carbocycles. The number of aryl methyl sites for hydroxylation is 1. The SMILES string of the molecule is Cc1cc(B2OC(C)(C)C(C)(C)O2)cc(S(=O)(=O)N2CCCC(C)C2)c1. The molecule has 2 saturated heterocycles. The fraction of sp³-hybridized carbons (Fsp3) is 0.684. The van der Waals surface area contributed by atoms with Gasteiger partial charge in [-0.2, -0.15) is 4.31 Å². The number of hydrogen-bond donors (Lipinski definition) is 0. The highest BCUT2D eigenvalue weighted by Gasteiger charge is 2.52. The molecule has 1 aromatic rings. The van der Waals surface area contributed by atoms with E-state index in [-0.39, 0.29) is 0 Å². The molecule has 0 aliphatic carbocycles. The van der Waals surface area contributed by atoms with Crippen molar-refractivity contribution in [3.05, 3.63) is 23.8 Å². The third-order valence-corrected chi connectivity index (χ3v) is 7.70. The minimum absolute atomic E-state index is 0.330. The smallest absolute Gasteiger partial charge is 0.399 e. The Labute approximate surface area is 158 Å². The normalized spacial score (nSPS) is 26.2. The Kier molecular flexibility index (Phi) is 5.06. The van der Waals surface area contributed by atoms with E-state index in [1.807, 2.05) is 40.7 Å². The molecule has 0 aromatic heterocycles. The van der Waals surface area contributed by atoms with E-state index in [9.17, 15) is 8.42 Å². The van der Waals surface area contributed by atoms with Gasteiger partial charge in [0.2, 0.25) is 10.0 Å². The summed E-state index contributed by atoms with van der Waals surface area (Å²) in [6, 6.07) is 5.40. The first-order chi connectivity index (χ1) is 11.9. The summed E-state index contributed by atoms with van der Waals surface area (Å²) >= 11 is 0. The first-order valence-electron chi connectivity index (χ1n) is 9.40. The number of hydrogen-bond acceptors (Lipinski definition) is 4. The predicted molar refractivity (Wildman–Crippen MR) is 104 cm³/mol. The van der Waals surface area contributed by atoms with Gasteiger partial charge in [-0.05, 0) is 71.0 Å². The van der Waals surface area contributed by atoms with E-state index in [4.69, 9.17) is 9.31 Å². The lowest BCUT2D eigenvalue weighted by Crippen LogP contribution is -2.41. The minimum atomic E-state index is -3.50. The molecule has 0 radical (unpaired) electrons. The van der Waals surface area contributed by atoms with E-state index in [1.165, 1.54) is 0 Å². The molecule has 7 heteroatoms. The Morgan fingerprint density at radius 3 is 2.31 bits per heavy atom. The Hall–Kier alpha value is -0.885. The van der Waals surface area contributed by atoms with Gasteiger partial charge in [0.1, 0.15) is 0 Å². The van der Waals surface area contributed by atoms with Crippen LogP contribution in [-0.2, 0) is 19.3 Å². The average Bonchev–Trinajstić information content (AvgIpc) is 2.75. The highest BCUT2D eigenvalue weighted by Crippen LogP contribution is 2.36. The molecular weight excluding hydrogens is 349 g/mol. The molecule has 2 aliphatic heterocycles. The van der Waals surface area contributed by atoms with Gasteiger partial charge in [-0.1, -0.05) is 18.6 Å². The van der Waals surface area contributed by atoms with Crippen LogP contribution in [0.1, 0.15) is 53.0 Å². The van der Waals surface area contributed by atoms with E-state index in [0.717, 1.165) is 23.9 Å². The Bertz CT molecular complexity index is 775. The zero-order chi connectivity index (χ0) is 19.3. The van der Waals surface area contributed by atoms with Gasteiger partial charge in [-0.3, -0.25) is 0 Å². The fourth-order valence-electron chi connectivity index (χ4n) is 3.55. The number of piperidine rings is 1. The lowest BCUT2D eigenvalue weighted by Gasteiger charge is -2.32. The van der Waals surface area contributed by atoms with Crippen molar-refractivity contribution >= 4 is 22.6 Å². The van der Waals surface area contributed by atoms with Crippen LogP contribution in [0.5, 0.6) is 0 Å². The zero-order valence-electron chi connectivity index (χ0n) is 16.7. The summed E-state index contributed by atoms with van der Waals surface area (Å²) in [5.74, 6) is 0.394. The predicted octanol–water partition coefficient (Wildman–Crippen LogP) is 2.71. The van der Waals surface area contributed by atoms with Gasteiger partial charge < -0.3 is 9.31 Å². The van der Waals surface area contributed by atoms with Gasteiger partial charge in [0.15, 0.2) is 0 Å². The molecule has 0 N–H and O–H groups in total. The standard InChI is InChI=1S/C19H30BNO4S/c1-14-8-7-9-21(13-14)26(22,23)17-11-15(2)10-16(12-17)20-24-18(3,4)19(5,6)25-20/h10-12,14H,7-9,13H2,1-6H3. The van der Waals surface area contributed by atoms with E-state index in [1.54, 1.807) is 16.4 Å². The average molecular weight is 379 g/mol. The minimum Gasteiger partial charge on any atom is -0.399 e. The molecule has 2 fully saturated rings. The molecule has 144 valence electrons. The second-order valence-corrected chi connectivity index (χ2v) is 10.7. The molecule has 5 nitrogen and oxygen atoms in total. The first kappa shape index (κ1) is 19.9. The van der Waals surface area contributed by atoms with E-state index in [2.05, 4.69) is 6.92 Å². The van der Waals surface area contributed by atoms with Gasteiger partial charge >= 0.3 is 7.12 Å². The highest BCUT2D eigenvalue weighted by atomic mass is 32.2. The largest absolute Gasteiger partial charge is 0.494 e. The molecule has 0 saturated carbocycles. The second kappa shape index (κ2) is 6.62. The molecule has 1 atom stereocenters. The Morgan fingerprint density at radius 2 is 1.73 bits per heavy atom. The first-order valence-corrected chi connectivity index (χ1v) is 10.8. The number of nitrogens with zero attached hydrogens (tertiary/aromatic N) is 1. The topological polar surface area (TPSA) is 55.8 Å². The van der Waals surface area contributed by atoms with Crippen molar-refractivity contribution in [3.8, 4) is 0 Å². The van der Waals surface area contributed by atoms with Crippen LogP contribution in [0.3, 0.4) is 0 Å². The highest BCUT2D eigenvalue weighted by molar-refractivity contribution is 7.89. The molecule has 0 bridgehead atoms. The maximum atomic E-state index is 13.2. The molecule has 2 heterocycles. The lowest BCUT2D eigenvalue weighted by molar-refractivity contribution is 0.00578. The third-order valence-electron chi connectivity index (χ3n) is 5.86. The maximum Gasteiger partial charge on any atom is 0.494 e. The molecular formula is C19H30BNO4S. The summed E-state index contributed by atoms with van der Waals surface area (Å²) in [6.45, 7) is 13.2. The molecule has 2 aliphatic rings. The number of benzene rings is 1. The summed E-state index contributed by atoms with van der Waals surface area (Å²) in [5, 5.41) is 0. The third kappa shape index (κ3) is 3.59. The van der Waals surface area contributed by atoms with Gasteiger partial charge in [0.05, 0.1) is 16.1 Å². The van der Waals surface area contributed by atoms with Crippen LogP contribution in [-0.4, -0.2) is 44.1 Å². The van der Waals surface area contributed by atoms with E-state index in [0.29, 0.717) is 23.9 Å². The quantitative estimate of drug-likeness (QED) is 0.758. The van der Waals surface area contributed by atoms with Crippen molar-refractivity contribution in [1.29, 1.82) is 0 Å². The number of rotatable bonds is 3. The molecule has 3 rings (SSSR count). The maximum absolute atomic E-state index is 13.2. The Balaban J connectivity index is 1.94. The van der Waals surface area contributed by atoms with Crippen molar-refractivity contribution in [2.24, 2.45) is 5.92 Å². The Morgan fingerprint density at radius 1 is 1.12 bits per heavy atom. The monoisotopic (exact) mass is 379 g/mol. The van der Waals surface area contributed by atoms with Crippen LogP contribution in [0.4, 0.5) is 0 Å². The summed E-state index contributed by atoms with van der Waals surface area (Å²) in [6.07, 6.45) is 2.00. The summed E-state index contributed by atoms with van der Waals surface area (Å²) < 4.78 is 40.1. The zero-order valence-corrected chi connectivity index (χ0v) is 17.5. The van der Waals surface area contributed by atoms with Crippen molar-refractivity contribution in [1.82, 2.24) is 4.31 Å². The lowest BCUT2D eigenvalue weighted by atomic mass is 9.78. The van der Waals surface area contributed by atoms with Crippen molar-refractivity contribution in [3.63, 3.8) is 0 Å². The molecule has 1 unspecified atom stereocenters. The van der Waals surface area contributed by atoms with Crippen LogP contribution in [0, 0.1) is 12.8 Å². The molecule has 26 heavy (non-hydrogen) atoms. The van der Waals surface area contributed by atoms with Gasteiger partial charge in [-0.25, -0.2) is 8.42 Å². The summed E-state index contributed by atoms with van der Waals surface area (Å²) in [7, 11) is -4.07. The van der Waals surface area contributed by atoms with Gasteiger partial charge in [-0.15, -0.1) is 0 Å². The van der Waals surface area contributed by atoms with Crippen LogP contribution in [0.2, 0.25) is 0 Å². The van der Waals surface area contributed by atoms with Gasteiger partial charge in [0.25, 0.3) is 0 Å². The fourth-order valence-corrected chi connectivity index (χ4v) is 5.29. The second-order valence-electron chi connectivity index (χ2n) is 8.78. The van der Waals surface area contributed by atoms with Crippen molar-refractivity contribution in [2.45, 2.75) is 70.5 Å². The molecule has 0 spiro atoms. The summed E-state index contributed by atoms with van der Waals surface area (Å²) in [5.41, 5.74) is 0.735. The summed E-state index contributed by atoms with van der Waals surface area (Å²) in [4.78, 5) is 0.330. The van der Waals surface area contributed by atoms with Gasteiger partial charge in [0, 0.05) is 13.1 Å². The van der Waals surface area contributed by atoms with Crippen molar-refractivity contribution < 1.29 is 17.7 Å². The van der Waals surface area contributed by atoms with E-state index < -0.39 is 28.3 Å². The van der Waals surface area contributed by atoms with Crippen molar-refractivity contribution in [2.75, 3.05) is 13.1 Å².